The van der Waals surface area contributed by atoms with Gasteiger partial charge in [-0.3, -0.25) is 18.7 Å². The summed E-state index contributed by atoms with van der Waals surface area (Å²) in [6.45, 7) is 3.70. The van der Waals surface area contributed by atoms with Crippen molar-refractivity contribution in [3.8, 4) is 23.0 Å². The first-order chi connectivity index (χ1) is 19.8. The van der Waals surface area contributed by atoms with Gasteiger partial charge >= 0.3 is 0 Å². The molecule has 202 valence electrons. The van der Waals surface area contributed by atoms with E-state index < -0.39 is 11.9 Å². The second-order valence-corrected chi connectivity index (χ2v) is 9.51. The van der Waals surface area contributed by atoms with Crippen molar-refractivity contribution in [3.63, 3.8) is 0 Å². The minimum atomic E-state index is -0.666. The lowest BCUT2D eigenvalue weighted by molar-refractivity contribution is 0.0941. The van der Waals surface area contributed by atoms with Crippen molar-refractivity contribution < 1.29 is 4.79 Å². The Labute approximate surface area is 234 Å². The van der Waals surface area contributed by atoms with Crippen molar-refractivity contribution >= 4 is 23.0 Å². The summed E-state index contributed by atoms with van der Waals surface area (Å²) >= 11 is 0. The number of anilines is 1. The van der Waals surface area contributed by atoms with Crippen LogP contribution in [0.2, 0.25) is 0 Å². The van der Waals surface area contributed by atoms with Gasteiger partial charge in [0.2, 0.25) is 0 Å². The van der Waals surface area contributed by atoms with Gasteiger partial charge in [-0.25, -0.2) is 14.5 Å². The van der Waals surface area contributed by atoms with E-state index in [1.54, 1.807) is 54.5 Å². The number of aromatic nitrogens is 7. The number of carbonyl (C=O) groups is 1. The maximum Gasteiger partial charge on any atom is 0.267 e. The number of pyridine rings is 1. The van der Waals surface area contributed by atoms with Gasteiger partial charge < -0.3 is 11.1 Å². The van der Waals surface area contributed by atoms with E-state index in [0.717, 1.165) is 11.3 Å². The first-order valence-corrected chi connectivity index (χ1v) is 12.8. The number of hydrogen-bond acceptors (Lipinski definition) is 7. The highest BCUT2D eigenvalue weighted by molar-refractivity contribution is 6.04. The number of fused-ring (bicyclic) bond motifs is 2. The quantitative estimate of drug-likeness (QED) is 0.326. The summed E-state index contributed by atoms with van der Waals surface area (Å²) in [6, 6.07) is 15.6. The Kier molecular flexibility index (Phi) is 6.28. The molecule has 0 saturated carbocycles. The summed E-state index contributed by atoms with van der Waals surface area (Å²) in [5.41, 5.74) is 10.2. The molecule has 0 bridgehead atoms. The maximum absolute atomic E-state index is 14.2. The van der Waals surface area contributed by atoms with E-state index in [4.69, 9.17) is 10.7 Å². The van der Waals surface area contributed by atoms with Crippen LogP contribution in [0.1, 0.15) is 46.0 Å². The smallest absolute Gasteiger partial charge is 0.267 e. The average molecular weight is 544 g/mol. The second kappa shape index (κ2) is 10.1. The molecule has 0 aliphatic rings. The van der Waals surface area contributed by atoms with Crippen molar-refractivity contribution in [2.45, 2.75) is 19.9 Å². The summed E-state index contributed by atoms with van der Waals surface area (Å²) in [7, 11) is 1.85. The Balaban J connectivity index is 1.48. The summed E-state index contributed by atoms with van der Waals surface area (Å²) < 4.78 is 4.68. The minimum absolute atomic E-state index is 0.0512. The minimum Gasteiger partial charge on any atom is -0.381 e. The molecule has 1 atom stereocenters. The zero-order valence-electron chi connectivity index (χ0n) is 22.5. The number of hydrogen-bond donors (Lipinski definition) is 2. The molecule has 11 heteroatoms. The monoisotopic (exact) mass is 543 g/mol. The van der Waals surface area contributed by atoms with Gasteiger partial charge in [-0.2, -0.15) is 5.10 Å². The fourth-order valence-electron chi connectivity index (χ4n) is 4.70. The summed E-state index contributed by atoms with van der Waals surface area (Å²) in [6.07, 6.45) is 4.92. The topological polar surface area (TPSA) is 138 Å². The van der Waals surface area contributed by atoms with Gasteiger partial charge in [0, 0.05) is 19.4 Å². The predicted octanol–water partition coefficient (Wildman–Crippen LogP) is 2.92. The highest BCUT2D eigenvalue weighted by atomic mass is 16.2. The highest BCUT2D eigenvalue weighted by Gasteiger charge is 2.25. The van der Waals surface area contributed by atoms with Gasteiger partial charge in [0.25, 0.3) is 11.5 Å². The molecule has 0 spiro atoms. The summed E-state index contributed by atoms with van der Waals surface area (Å²) in [5, 5.41) is 11.4. The molecule has 0 aliphatic heterocycles. The molecule has 0 unspecified atom stereocenters. The van der Waals surface area contributed by atoms with E-state index in [0.29, 0.717) is 33.8 Å². The average Bonchev–Trinajstić information content (AvgIpc) is 3.49. The van der Waals surface area contributed by atoms with Crippen molar-refractivity contribution in [1.29, 1.82) is 0 Å². The highest BCUT2D eigenvalue weighted by Crippen LogP contribution is 2.26. The molecule has 11 nitrogen and oxygen atoms in total. The van der Waals surface area contributed by atoms with Crippen LogP contribution in [0.25, 0.3) is 22.4 Å². The number of nitrogen functional groups attached to an aromatic ring is 1. The van der Waals surface area contributed by atoms with E-state index in [9.17, 15) is 9.59 Å². The normalized spacial score (nSPS) is 11.8. The van der Waals surface area contributed by atoms with E-state index in [-0.39, 0.29) is 16.9 Å². The van der Waals surface area contributed by atoms with Gasteiger partial charge in [0.15, 0.2) is 11.5 Å². The Morgan fingerprint density at radius 3 is 2.63 bits per heavy atom. The van der Waals surface area contributed by atoms with Crippen LogP contribution < -0.4 is 16.6 Å². The van der Waals surface area contributed by atoms with Crippen LogP contribution in [0, 0.1) is 18.8 Å². The number of nitrogens with zero attached hydrogens (tertiary/aromatic N) is 7. The van der Waals surface area contributed by atoms with Gasteiger partial charge in [-0.1, -0.05) is 42.3 Å². The zero-order chi connectivity index (χ0) is 28.7. The molecule has 41 heavy (non-hydrogen) atoms. The predicted molar refractivity (Wildman–Crippen MR) is 154 cm³/mol. The van der Waals surface area contributed by atoms with Crippen molar-refractivity contribution in [3.05, 3.63) is 112 Å². The Hall–Kier alpha value is -5.76. The third-order valence-corrected chi connectivity index (χ3v) is 6.91. The van der Waals surface area contributed by atoms with Crippen LogP contribution in [0.5, 0.6) is 0 Å². The first-order valence-electron chi connectivity index (χ1n) is 12.8. The molecule has 0 saturated heterocycles. The number of rotatable bonds is 4. The van der Waals surface area contributed by atoms with E-state index in [2.05, 4.69) is 32.3 Å². The van der Waals surface area contributed by atoms with E-state index in [1.165, 1.54) is 8.92 Å². The Bertz CT molecular complexity index is 2080. The molecule has 6 rings (SSSR count). The number of nitrogens with two attached hydrogens (primary N) is 1. The third-order valence-electron chi connectivity index (χ3n) is 6.91. The molecular weight excluding hydrogens is 518 g/mol. The van der Waals surface area contributed by atoms with Gasteiger partial charge in [0.05, 0.1) is 34.8 Å². The Morgan fingerprint density at radius 1 is 1.07 bits per heavy atom. The standard InChI is InChI=1S/C30H25N9O2/c1-18(34-29(40)25-27(31)36-38-16-8-15-32-28(25)38)26-24(20-9-5-4-6-10-20)30(41)39-22(11-7-12-23(39)35-26)14-13-21-17-33-37(3)19(21)2/h4-12,15-18H,1-3H3,(H2,31,36)(H,34,40)/t18-/m1/s1. The molecule has 5 heterocycles. The SMILES string of the molecule is Cc1c(C#Cc2cccc3nc([C@@H](C)NC(=O)c4c(N)nn5cccnc45)c(-c4ccccc4)c(=O)n23)cnn1C. The molecule has 0 aliphatic carbocycles. The van der Waals surface area contributed by atoms with Crippen molar-refractivity contribution in [2.24, 2.45) is 7.05 Å². The van der Waals surface area contributed by atoms with Crippen LogP contribution >= 0.6 is 0 Å². The lowest BCUT2D eigenvalue weighted by Crippen LogP contribution is -2.31. The molecule has 1 amide bonds. The summed E-state index contributed by atoms with van der Waals surface area (Å²) in [5.74, 6) is 5.82. The lowest BCUT2D eigenvalue weighted by atomic mass is 10.0. The fraction of sp³-hybridized carbons (Fsp3) is 0.133. The maximum atomic E-state index is 14.2. The number of carbonyl (C=O) groups excluding carboxylic acids is 1. The first kappa shape index (κ1) is 25.5. The number of benzene rings is 1. The van der Waals surface area contributed by atoms with Gasteiger partial charge in [-0.15, -0.1) is 5.10 Å². The summed E-state index contributed by atoms with van der Waals surface area (Å²) in [4.78, 5) is 36.7. The molecule has 6 aromatic rings. The van der Waals surface area contributed by atoms with Crippen LogP contribution in [0.3, 0.4) is 0 Å². The molecule has 0 fully saturated rings. The van der Waals surface area contributed by atoms with Gasteiger partial charge in [-0.05, 0) is 43.5 Å². The van der Waals surface area contributed by atoms with Crippen LogP contribution in [0.4, 0.5) is 5.82 Å². The largest absolute Gasteiger partial charge is 0.381 e. The van der Waals surface area contributed by atoms with E-state index >= 15 is 0 Å². The van der Waals surface area contributed by atoms with Gasteiger partial charge in [0.1, 0.15) is 16.9 Å². The molecule has 3 N–H and O–H groups in total. The molecule has 1 aromatic carbocycles. The van der Waals surface area contributed by atoms with Crippen LogP contribution in [0.15, 0.2) is 78.0 Å². The molecular formula is C30H25N9O2. The fourth-order valence-corrected chi connectivity index (χ4v) is 4.70. The number of aryl methyl sites for hydroxylation is 1. The lowest BCUT2D eigenvalue weighted by Gasteiger charge is -2.18. The molecule has 0 radical (unpaired) electrons. The third kappa shape index (κ3) is 4.47. The van der Waals surface area contributed by atoms with Crippen LogP contribution in [-0.4, -0.2) is 39.7 Å². The second-order valence-electron chi connectivity index (χ2n) is 9.51. The zero-order valence-corrected chi connectivity index (χ0v) is 22.5. The van der Waals surface area contributed by atoms with Crippen molar-refractivity contribution in [2.75, 3.05) is 5.73 Å². The number of amides is 1. The van der Waals surface area contributed by atoms with E-state index in [1.807, 2.05) is 44.3 Å². The van der Waals surface area contributed by atoms with Crippen molar-refractivity contribution in [1.82, 2.24) is 39.1 Å². The number of nitrogens with one attached hydrogen (secondary N) is 1. The van der Waals surface area contributed by atoms with Crippen LogP contribution in [-0.2, 0) is 7.05 Å². The Morgan fingerprint density at radius 2 is 1.88 bits per heavy atom. The molecule has 5 aromatic heterocycles.